The molecular weight excluding hydrogens is 312 g/mol. The molecule has 0 saturated heterocycles. The van der Waals surface area contributed by atoms with Gasteiger partial charge in [0.25, 0.3) is 5.89 Å². The van der Waals surface area contributed by atoms with Crippen molar-refractivity contribution in [1.29, 1.82) is 0 Å². The molecule has 0 aliphatic heterocycles. The van der Waals surface area contributed by atoms with E-state index in [0.29, 0.717) is 11.8 Å². The average Bonchev–Trinajstić information content (AvgIpc) is 3.03. The van der Waals surface area contributed by atoms with Gasteiger partial charge in [-0.15, -0.1) is 21.5 Å². The lowest BCUT2D eigenvalue weighted by molar-refractivity contribution is 0.501. The number of halogens is 1. The molecule has 18 heavy (non-hydrogen) atoms. The van der Waals surface area contributed by atoms with Gasteiger partial charge < -0.3 is 4.42 Å². The zero-order valence-electron chi connectivity index (χ0n) is 10.3. The molecule has 0 N–H and O–H groups in total. The first-order valence-corrected chi connectivity index (χ1v) is 8.10. The van der Waals surface area contributed by atoms with Gasteiger partial charge in [0, 0.05) is 4.88 Å². The fraction of sp³-hybridized carbons (Fsp3) is 0.538. The minimum atomic E-state index is 0.160. The summed E-state index contributed by atoms with van der Waals surface area (Å²) >= 11 is 5.34. The zero-order valence-corrected chi connectivity index (χ0v) is 12.7. The van der Waals surface area contributed by atoms with Gasteiger partial charge in [0.2, 0.25) is 5.89 Å². The van der Waals surface area contributed by atoms with E-state index >= 15 is 0 Å². The predicted molar refractivity (Wildman–Crippen MR) is 76.2 cm³/mol. The molecule has 0 saturated carbocycles. The molecule has 5 heteroatoms. The van der Waals surface area contributed by atoms with Crippen LogP contribution in [0.2, 0.25) is 0 Å². The summed E-state index contributed by atoms with van der Waals surface area (Å²) in [5, 5.41) is 8.28. The Morgan fingerprint density at radius 3 is 3.00 bits per heavy atom. The smallest absolute Gasteiger partial charge is 0.257 e. The fourth-order valence-electron chi connectivity index (χ4n) is 2.23. The van der Waals surface area contributed by atoms with Crippen LogP contribution in [0.1, 0.15) is 47.3 Å². The molecule has 0 spiro atoms. The third-order valence-electron chi connectivity index (χ3n) is 3.27. The Balaban J connectivity index is 1.90. The zero-order chi connectivity index (χ0) is 12.5. The maximum Gasteiger partial charge on any atom is 0.257 e. The van der Waals surface area contributed by atoms with Crippen LogP contribution in [0.4, 0.5) is 0 Å². The topological polar surface area (TPSA) is 38.9 Å². The largest absolute Gasteiger partial charge is 0.419 e. The molecular formula is C13H15BrN2OS. The van der Waals surface area contributed by atoms with Crippen molar-refractivity contribution >= 4 is 27.3 Å². The first kappa shape index (κ1) is 12.4. The molecule has 0 radical (unpaired) electrons. The second kappa shape index (κ2) is 5.13. The van der Waals surface area contributed by atoms with Gasteiger partial charge in [-0.05, 0) is 43.7 Å². The van der Waals surface area contributed by atoms with Crippen molar-refractivity contribution in [3.05, 3.63) is 22.4 Å². The number of hydrogen-bond acceptors (Lipinski definition) is 4. The van der Waals surface area contributed by atoms with E-state index in [2.05, 4.69) is 39.1 Å². The first-order chi connectivity index (χ1) is 8.78. The number of nitrogens with zero attached hydrogens (tertiary/aromatic N) is 2. The van der Waals surface area contributed by atoms with Crippen LogP contribution in [-0.4, -0.2) is 10.2 Å². The van der Waals surface area contributed by atoms with E-state index in [-0.39, 0.29) is 4.83 Å². The molecule has 2 aromatic heterocycles. The molecule has 1 unspecified atom stereocenters. The van der Waals surface area contributed by atoms with Crippen LogP contribution in [0.5, 0.6) is 0 Å². The Bertz CT molecular complexity index is 525. The van der Waals surface area contributed by atoms with Gasteiger partial charge in [0.15, 0.2) is 0 Å². The van der Waals surface area contributed by atoms with Gasteiger partial charge in [-0.3, -0.25) is 0 Å². The van der Waals surface area contributed by atoms with Crippen molar-refractivity contribution < 1.29 is 4.42 Å². The van der Waals surface area contributed by atoms with Gasteiger partial charge in [-0.25, -0.2) is 0 Å². The highest BCUT2D eigenvalue weighted by molar-refractivity contribution is 9.09. The monoisotopic (exact) mass is 326 g/mol. The highest BCUT2D eigenvalue weighted by Crippen LogP contribution is 2.36. The summed E-state index contributed by atoms with van der Waals surface area (Å²) in [5.41, 5.74) is 1.48. The van der Waals surface area contributed by atoms with Gasteiger partial charge in [-0.1, -0.05) is 22.9 Å². The van der Waals surface area contributed by atoms with Crippen LogP contribution in [0.25, 0.3) is 10.8 Å². The van der Waals surface area contributed by atoms with E-state index in [1.807, 2.05) is 11.3 Å². The summed E-state index contributed by atoms with van der Waals surface area (Å²) in [6.07, 6.45) is 5.96. The molecule has 2 aromatic rings. The highest BCUT2D eigenvalue weighted by atomic mass is 79.9. The quantitative estimate of drug-likeness (QED) is 0.778. The third kappa shape index (κ3) is 2.26. The number of aryl methyl sites for hydroxylation is 2. The van der Waals surface area contributed by atoms with E-state index < -0.39 is 0 Å². The molecule has 0 amide bonds. The maximum atomic E-state index is 5.74. The number of rotatable bonds is 3. The lowest BCUT2D eigenvalue weighted by Gasteiger charge is -2.08. The molecule has 1 atom stereocenters. The predicted octanol–water partition coefficient (Wildman–Crippen LogP) is 4.52. The Hall–Kier alpha value is -0.680. The van der Waals surface area contributed by atoms with Crippen molar-refractivity contribution in [2.75, 3.05) is 0 Å². The fourth-order valence-corrected chi connectivity index (χ4v) is 3.59. The first-order valence-electron chi connectivity index (χ1n) is 6.37. The molecule has 1 aliphatic rings. The van der Waals surface area contributed by atoms with Crippen molar-refractivity contribution in [3.8, 4) is 10.8 Å². The summed E-state index contributed by atoms with van der Waals surface area (Å²) in [4.78, 5) is 2.78. The average molecular weight is 327 g/mol. The molecule has 0 bridgehead atoms. The number of hydrogen-bond donors (Lipinski definition) is 0. The van der Waals surface area contributed by atoms with Crippen LogP contribution in [0, 0.1) is 0 Å². The number of aromatic nitrogens is 2. The second-order valence-electron chi connectivity index (χ2n) is 4.59. The van der Waals surface area contributed by atoms with Crippen molar-refractivity contribution in [3.63, 3.8) is 0 Å². The van der Waals surface area contributed by atoms with Gasteiger partial charge in [-0.2, -0.15) is 0 Å². The van der Waals surface area contributed by atoms with Crippen LogP contribution in [-0.2, 0) is 12.8 Å². The number of thiophene rings is 1. The van der Waals surface area contributed by atoms with E-state index in [4.69, 9.17) is 4.42 Å². The van der Waals surface area contributed by atoms with Crippen LogP contribution >= 0.6 is 27.3 Å². The molecule has 96 valence electrons. The van der Waals surface area contributed by atoms with E-state index in [0.717, 1.165) is 11.3 Å². The summed E-state index contributed by atoms with van der Waals surface area (Å²) < 4.78 is 5.74. The number of fused-ring (bicyclic) bond motifs is 1. The summed E-state index contributed by atoms with van der Waals surface area (Å²) in [5.74, 6) is 1.35. The molecule has 0 fully saturated rings. The minimum absolute atomic E-state index is 0.160. The van der Waals surface area contributed by atoms with Gasteiger partial charge in [0.1, 0.15) is 0 Å². The Kier molecular flexibility index (Phi) is 3.52. The van der Waals surface area contributed by atoms with Crippen molar-refractivity contribution in [2.45, 2.75) is 43.9 Å². The minimum Gasteiger partial charge on any atom is -0.419 e. The number of alkyl halides is 1. The normalized spacial score (nSPS) is 16.6. The summed E-state index contributed by atoms with van der Waals surface area (Å²) in [6.45, 7) is 2.09. The lowest BCUT2D eigenvalue weighted by atomic mass is 9.99. The Morgan fingerprint density at radius 2 is 2.22 bits per heavy atom. The molecule has 0 aromatic carbocycles. The lowest BCUT2D eigenvalue weighted by Crippen LogP contribution is -1.96. The van der Waals surface area contributed by atoms with E-state index in [1.165, 1.54) is 36.1 Å². The van der Waals surface area contributed by atoms with Gasteiger partial charge in [0.05, 0.1) is 9.70 Å². The summed E-state index contributed by atoms with van der Waals surface area (Å²) in [7, 11) is 0. The molecule has 3 nitrogen and oxygen atoms in total. The maximum absolute atomic E-state index is 5.74. The molecule has 1 aliphatic carbocycles. The van der Waals surface area contributed by atoms with Crippen LogP contribution < -0.4 is 0 Å². The van der Waals surface area contributed by atoms with Crippen molar-refractivity contribution in [2.24, 2.45) is 0 Å². The Morgan fingerprint density at radius 1 is 1.39 bits per heavy atom. The third-order valence-corrected chi connectivity index (χ3v) is 5.54. The second-order valence-corrected chi connectivity index (χ2v) is 6.83. The Labute approximate surface area is 119 Å². The van der Waals surface area contributed by atoms with Gasteiger partial charge >= 0.3 is 0 Å². The SMILES string of the molecule is CCC(Br)c1nnc(-c2cc3c(s2)CCCC3)o1. The molecule has 2 heterocycles. The van der Waals surface area contributed by atoms with Crippen LogP contribution in [0.15, 0.2) is 10.5 Å². The highest BCUT2D eigenvalue weighted by Gasteiger charge is 2.19. The summed E-state index contributed by atoms with van der Waals surface area (Å²) in [6, 6.07) is 2.23. The van der Waals surface area contributed by atoms with E-state index in [9.17, 15) is 0 Å². The van der Waals surface area contributed by atoms with E-state index in [1.54, 1.807) is 0 Å². The standard InChI is InChI=1S/C13H15BrN2OS/c1-2-9(14)12-15-16-13(17-12)11-7-8-5-3-4-6-10(8)18-11/h7,9H,2-6H2,1H3. The van der Waals surface area contributed by atoms with Crippen LogP contribution in [0.3, 0.4) is 0 Å². The van der Waals surface area contributed by atoms with Crippen molar-refractivity contribution in [1.82, 2.24) is 10.2 Å². The molecule has 3 rings (SSSR count).